The summed E-state index contributed by atoms with van der Waals surface area (Å²) in [4.78, 5) is 0. The zero-order chi connectivity index (χ0) is 10.7. The van der Waals surface area contributed by atoms with Crippen LogP contribution in [0, 0.1) is 0 Å². The Morgan fingerprint density at radius 3 is 3.00 bits per heavy atom. The number of morpholine rings is 1. The van der Waals surface area contributed by atoms with Crippen molar-refractivity contribution >= 4 is 23.2 Å². The molecule has 1 saturated heterocycles. The van der Waals surface area contributed by atoms with Crippen molar-refractivity contribution in [1.82, 2.24) is 5.32 Å². The van der Waals surface area contributed by atoms with Crippen molar-refractivity contribution in [1.29, 1.82) is 0 Å². The molecule has 4 heteroatoms. The molecule has 2 rings (SSSR count). The second-order valence-corrected chi connectivity index (χ2v) is 4.51. The molecule has 1 aliphatic heterocycles. The van der Waals surface area contributed by atoms with E-state index < -0.39 is 0 Å². The summed E-state index contributed by atoms with van der Waals surface area (Å²) in [5, 5.41) is 4.89. The van der Waals surface area contributed by atoms with Crippen LogP contribution in [0.4, 0.5) is 0 Å². The van der Waals surface area contributed by atoms with Crippen LogP contribution >= 0.6 is 23.2 Å². The first kappa shape index (κ1) is 11.2. The maximum absolute atomic E-state index is 6.09. The standard InChI is InChI=1S/C11H13Cl2NO/c12-9-1-2-11(13)8(5-9)6-10-7-15-4-3-14-10/h1-2,5,10,14H,3-4,6-7H2. The van der Waals surface area contributed by atoms with E-state index in [1.165, 1.54) is 0 Å². The molecule has 1 atom stereocenters. The third-order valence-electron chi connectivity index (χ3n) is 2.47. The van der Waals surface area contributed by atoms with E-state index >= 15 is 0 Å². The van der Waals surface area contributed by atoms with Gasteiger partial charge in [-0.3, -0.25) is 0 Å². The molecule has 0 bridgehead atoms. The second-order valence-electron chi connectivity index (χ2n) is 3.67. The summed E-state index contributed by atoms with van der Waals surface area (Å²) in [5.41, 5.74) is 1.08. The number of nitrogens with one attached hydrogen (secondary N) is 1. The van der Waals surface area contributed by atoms with Crippen LogP contribution in [-0.4, -0.2) is 25.8 Å². The number of halogens is 2. The molecular weight excluding hydrogens is 233 g/mol. The lowest BCUT2D eigenvalue weighted by atomic mass is 10.1. The Balaban J connectivity index is 2.05. The molecule has 1 aromatic carbocycles. The summed E-state index contributed by atoms with van der Waals surface area (Å²) >= 11 is 12.0. The van der Waals surface area contributed by atoms with Crippen LogP contribution in [0.1, 0.15) is 5.56 Å². The van der Waals surface area contributed by atoms with Crippen molar-refractivity contribution in [3.05, 3.63) is 33.8 Å². The quantitative estimate of drug-likeness (QED) is 0.865. The third kappa shape index (κ3) is 3.08. The lowest BCUT2D eigenvalue weighted by Crippen LogP contribution is -2.42. The van der Waals surface area contributed by atoms with Gasteiger partial charge < -0.3 is 10.1 Å². The highest BCUT2D eigenvalue weighted by molar-refractivity contribution is 6.33. The molecule has 82 valence electrons. The van der Waals surface area contributed by atoms with Gasteiger partial charge in [0.2, 0.25) is 0 Å². The van der Waals surface area contributed by atoms with Crippen molar-refractivity contribution in [2.24, 2.45) is 0 Å². The fourth-order valence-corrected chi connectivity index (χ4v) is 2.11. The normalized spacial score (nSPS) is 21.6. The fraction of sp³-hybridized carbons (Fsp3) is 0.455. The largest absolute Gasteiger partial charge is 0.379 e. The van der Waals surface area contributed by atoms with Crippen molar-refractivity contribution in [3.8, 4) is 0 Å². The number of hydrogen-bond donors (Lipinski definition) is 1. The Morgan fingerprint density at radius 1 is 1.40 bits per heavy atom. The molecule has 1 N–H and O–H groups in total. The molecule has 0 saturated carbocycles. The Hall–Kier alpha value is -0.280. The molecule has 15 heavy (non-hydrogen) atoms. The molecule has 1 fully saturated rings. The maximum Gasteiger partial charge on any atom is 0.0623 e. The predicted molar refractivity (Wildman–Crippen MR) is 62.8 cm³/mol. The van der Waals surface area contributed by atoms with Gasteiger partial charge >= 0.3 is 0 Å². The van der Waals surface area contributed by atoms with Crippen LogP contribution in [0.3, 0.4) is 0 Å². The fourth-order valence-electron chi connectivity index (χ4n) is 1.72. The Labute approximate surface area is 99.5 Å². The van der Waals surface area contributed by atoms with E-state index in [0.29, 0.717) is 6.04 Å². The summed E-state index contributed by atoms with van der Waals surface area (Å²) < 4.78 is 5.39. The van der Waals surface area contributed by atoms with Gasteiger partial charge in [-0.2, -0.15) is 0 Å². The minimum absolute atomic E-state index is 0.342. The van der Waals surface area contributed by atoms with Gasteiger partial charge in [-0.1, -0.05) is 23.2 Å². The number of hydrogen-bond acceptors (Lipinski definition) is 2. The van der Waals surface area contributed by atoms with Crippen LogP contribution in [0.2, 0.25) is 10.0 Å². The summed E-state index contributed by atoms with van der Waals surface area (Å²) in [5.74, 6) is 0. The van der Waals surface area contributed by atoms with E-state index in [1.54, 1.807) is 6.07 Å². The van der Waals surface area contributed by atoms with Crippen LogP contribution in [0.5, 0.6) is 0 Å². The summed E-state index contributed by atoms with van der Waals surface area (Å²) in [6.45, 7) is 2.44. The topological polar surface area (TPSA) is 21.3 Å². The molecule has 1 heterocycles. The number of ether oxygens (including phenoxy) is 1. The van der Waals surface area contributed by atoms with Crippen LogP contribution in [0.25, 0.3) is 0 Å². The van der Waals surface area contributed by atoms with E-state index in [9.17, 15) is 0 Å². The molecule has 0 aliphatic carbocycles. The van der Waals surface area contributed by atoms with Gasteiger partial charge in [0.05, 0.1) is 13.2 Å². The highest BCUT2D eigenvalue weighted by atomic mass is 35.5. The van der Waals surface area contributed by atoms with E-state index in [-0.39, 0.29) is 0 Å². The molecule has 0 aromatic heterocycles. The number of benzene rings is 1. The smallest absolute Gasteiger partial charge is 0.0623 e. The second kappa shape index (κ2) is 5.17. The molecule has 2 nitrogen and oxygen atoms in total. The molecular formula is C11H13Cl2NO. The summed E-state index contributed by atoms with van der Waals surface area (Å²) in [6, 6.07) is 5.90. The van der Waals surface area contributed by atoms with Gasteiger partial charge in [0.25, 0.3) is 0 Å². The van der Waals surface area contributed by atoms with Gasteiger partial charge in [0.15, 0.2) is 0 Å². The Kier molecular flexibility index (Phi) is 3.87. The Bertz CT molecular complexity index is 337. The SMILES string of the molecule is Clc1ccc(Cl)c(CC2COCCN2)c1. The first-order valence-corrected chi connectivity index (χ1v) is 5.76. The zero-order valence-electron chi connectivity index (χ0n) is 8.30. The van der Waals surface area contributed by atoms with E-state index in [4.69, 9.17) is 27.9 Å². The minimum Gasteiger partial charge on any atom is -0.379 e. The first-order chi connectivity index (χ1) is 7.25. The van der Waals surface area contributed by atoms with Gasteiger partial charge in [-0.05, 0) is 30.2 Å². The zero-order valence-corrected chi connectivity index (χ0v) is 9.81. The van der Waals surface area contributed by atoms with Crippen LogP contribution in [0.15, 0.2) is 18.2 Å². The third-order valence-corrected chi connectivity index (χ3v) is 3.08. The number of rotatable bonds is 2. The molecule has 0 radical (unpaired) electrons. The van der Waals surface area contributed by atoms with Gasteiger partial charge in [0, 0.05) is 22.6 Å². The van der Waals surface area contributed by atoms with Crippen LogP contribution in [-0.2, 0) is 11.2 Å². The molecule has 0 spiro atoms. The summed E-state index contributed by atoms with van der Waals surface area (Å²) in [7, 11) is 0. The summed E-state index contributed by atoms with van der Waals surface area (Å²) in [6.07, 6.45) is 0.861. The van der Waals surface area contributed by atoms with Crippen molar-refractivity contribution < 1.29 is 4.74 Å². The maximum atomic E-state index is 6.09. The predicted octanol–water partition coefficient (Wildman–Crippen LogP) is 2.52. The molecule has 1 aromatic rings. The average Bonchev–Trinajstić information content (AvgIpc) is 2.25. The van der Waals surface area contributed by atoms with Crippen molar-refractivity contribution in [2.75, 3.05) is 19.8 Å². The van der Waals surface area contributed by atoms with E-state index in [0.717, 1.165) is 41.8 Å². The van der Waals surface area contributed by atoms with Crippen LogP contribution < -0.4 is 5.32 Å². The van der Waals surface area contributed by atoms with Gasteiger partial charge in [-0.25, -0.2) is 0 Å². The first-order valence-electron chi connectivity index (χ1n) is 5.01. The monoisotopic (exact) mass is 245 g/mol. The van der Waals surface area contributed by atoms with Gasteiger partial charge in [0.1, 0.15) is 0 Å². The minimum atomic E-state index is 0.342. The lowest BCUT2D eigenvalue weighted by molar-refractivity contribution is 0.0770. The highest BCUT2D eigenvalue weighted by Crippen LogP contribution is 2.22. The van der Waals surface area contributed by atoms with E-state index in [2.05, 4.69) is 5.32 Å². The Morgan fingerprint density at radius 2 is 2.27 bits per heavy atom. The van der Waals surface area contributed by atoms with Crippen molar-refractivity contribution in [3.63, 3.8) is 0 Å². The molecule has 0 amide bonds. The average molecular weight is 246 g/mol. The van der Waals surface area contributed by atoms with Gasteiger partial charge in [-0.15, -0.1) is 0 Å². The molecule has 1 aliphatic rings. The lowest BCUT2D eigenvalue weighted by Gasteiger charge is -2.24. The van der Waals surface area contributed by atoms with Crippen molar-refractivity contribution in [2.45, 2.75) is 12.5 Å². The van der Waals surface area contributed by atoms with E-state index in [1.807, 2.05) is 12.1 Å². The molecule has 1 unspecified atom stereocenters. The highest BCUT2D eigenvalue weighted by Gasteiger charge is 2.14.